The van der Waals surface area contributed by atoms with Crippen LogP contribution in [0, 0.1) is 12.8 Å². The summed E-state index contributed by atoms with van der Waals surface area (Å²) < 4.78 is 49.9. The minimum atomic E-state index is -4.39. The van der Waals surface area contributed by atoms with Gasteiger partial charge in [-0.15, -0.1) is 0 Å². The summed E-state index contributed by atoms with van der Waals surface area (Å²) in [6, 6.07) is 9.31. The van der Waals surface area contributed by atoms with Crippen LogP contribution in [0.1, 0.15) is 47.2 Å². The number of ether oxygens (including phenoxy) is 2. The topological polar surface area (TPSA) is 97.8 Å². The highest BCUT2D eigenvalue weighted by molar-refractivity contribution is 5.98. The van der Waals surface area contributed by atoms with Crippen LogP contribution in [0.3, 0.4) is 0 Å². The Morgan fingerprint density at radius 1 is 1.24 bits per heavy atom. The third kappa shape index (κ3) is 5.98. The average Bonchev–Trinajstić information content (AvgIpc) is 2.78. The first kappa shape index (κ1) is 25.3. The van der Waals surface area contributed by atoms with Crippen LogP contribution in [0.4, 0.5) is 13.2 Å². The predicted molar refractivity (Wildman–Crippen MR) is 117 cm³/mol. The van der Waals surface area contributed by atoms with Crippen LogP contribution in [-0.4, -0.2) is 47.4 Å². The predicted octanol–water partition coefficient (Wildman–Crippen LogP) is 4.33. The van der Waals surface area contributed by atoms with Gasteiger partial charge in [0.15, 0.2) is 5.75 Å². The molecule has 0 aliphatic heterocycles. The molecular formula is C24H27F3N2O5. The smallest absolute Gasteiger partial charge is 0.391 e. The second-order valence-corrected chi connectivity index (χ2v) is 8.48. The lowest BCUT2D eigenvalue weighted by molar-refractivity contribution is -0.187. The van der Waals surface area contributed by atoms with Crippen molar-refractivity contribution in [1.29, 1.82) is 0 Å². The second-order valence-electron chi connectivity index (χ2n) is 8.48. The molecule has 0 radical (unpaired) electrons. The van der Waals surface area contributed by atoms with Gasteiger partial charge in [0, 0.05) is 18.7 Å². The lowest BCUT2D eigenvalue weighted by Crippen LogP contribution is -2.57. The maximum atomic E-state index is 13.0. The van der Waals surface area contributed by atoms with Crippen molar-refractivity contribution in [3.05, 3.63) is 53.2 Å². The number of carboxylic acids is 1. The summed E-state index contributed by atoms with van der Waals surface area (Å²) in [7, 11) is 1.40. The number of alkyl halides is 3. The molecule has 1 aliphatic rings. The minimum absolute atomic E-state index is 0.0184. The van der Waals surface area contributed by atoms with Gasteiger partial charge in [0.1, 0.15) is 5.54 Å². The van der Waals surface area contributed by atoms with Crippen LogP contribution in [0.15, 0.2) is 36.5 Å². The van der Waals surface area contributed by atoms with Crippen LogP contribution in [-0.2, 0) is 11.2 Å². The summed E-state index contributed by atoms with van der Waals surface area (Å²) in [4.78, 5) is 28.8. The minimum Gasteiger partial charge on any atom is -0.488 e. The molecule has 1 aliphatic carbocycles. The lowest BCUT2D eigenvalue weighted by Gasteiger charge is -2.37. The normalized spacial score (nSPS) is 20.4. The molecule has 1 saturated carbocycles. The van der Waals surface area contributed by atoms with E-state index < -0.39 is 29.5 Å². The first-order chi connectivity index (χ1) is 16.0. The Balaban J connectivity index is 1.70. The highest BCUT2D eigenvalue weighted by Crippen LogP contribution is 2.41. The van der Waals surface area contributed by atoms with Gasteiger partial charge >= 0.3 is 12.1 Å². The van der Waals surface area contributed by atoms with E-state index in [9.17, 15) is 27.9 Å². The number of carbonyl (C=O) groups excluding carboxylic acids is 1. The molecule has 0 bridgehead atoms. The average molecular weight is 480 g/mol. The van der Waals surface area contributed by atoms with Crippen molar-refractivity contribution in [1.82, 2.24) is 10.3 Å². The highest BCUT2D eigenvalue weighted by atomic mass is 19.4. The molecule has 184 valence electrons. The van der Waals surface area contributed by atoms with Crippen LogP contribution in [0.25, 0.3) is 0 Å². The zero-order valence-corrected chi connectivity index (χ0v) is 18.9. The van der Waals surface area contributed by atoms with Gasteiger partial charge in [-0.2, -0.15) is 13.2 Å². The van der Waals surface area contributed by atoms with Gasteiger partial charge in [-0.1, -0.05) is 29.8 Å². The number of methoxy groups -OCH3 is 1. The number of nitrogens with zero attached hydrogens (tertiary/aromatic N) is 1. The first-order valence-corrected chi connectivity index (χ1v) is 10.9. The van der Waals surface area contributed by atoms with Crippen LogP contribution >= 0.6 is 0 Å². The third-order valence-corrected chi connectivity index (χ3v) is 6.07. The zero-order chi connectivity index (χ0) is 24.9. The van der Waals surface area contributed by atoms with E-state index in [2.05, 4.69) is 10.3 Å². The van der Waals surface area contributed by atoms with Gasteiger partial charge in [0.2, 0.25) is 0 Å². The molecule has 0 unspecified atom stereocenters. The fraction of sp³-hybridized carbons (Fsp3) is 0.458. The van der Waals surface area contributed by atoms with Crippen LogP contribution in [0.2, 0.25) is 0 Å². The molecule has 0 saturated heterocycles. The quantitative estimate of drug-likeness (QED) is 0.584. The number of aliphatic carboxylic acids is 1. The van der Waals surface area contributed by atoms with Gasteiger partial charge in [0.05, 0.1) is 25.2 Å². The Morgan fingerprint density at radius 3 is 2.53 bits per heavy atom. The number of nitrogens with one attached hydrogen (secondary N) is 1. The third-order valence-electron chi connectivity index (χ3n) is 6.07. The number of hydrogen-bond donors (Lipinski definition) is 2. The monoisotopic (exact) mass is 480 g/mol. The van der Waals surface area contributed by atoms with Gasteiger partial charge in [-0.25, -0.2) is 9.78 Å². The maximum absolute atomic E-state index is 13.0. The standard InChI is InChI=1S/C24H27F3N2O5/c1-15-4-3-5-16(12-15)8-11-34-19-13-17(14-28-21(19)33-2)20(30)29-23(22(31)32)9-6-18(7-10-23)24(25,26)27/h3-5,12-14,18H,6-11H2,1-2H3,(H,29,30)(H,31,32). The van der Waals surface area contributed by atoms with E-state index in [1.54, 1.807) is 0 Å². The van der Waals surface area contributed by atoms with E-state index >= 15 is 0 Å². The molecule has 3 rings (SSSR count). The van der Waals surface area contributed by atoms with Crippen LogP contribution < -0.4 is 14.8 Å². The molecule has 1 fully saturated rings. The largest absolute Gasteiger partial charge is 0.488 e. The van der Waals surface area contributed by atoms with Crippen molar-refractivity contribution in [2.24, 2.45) is 5.92 Å². The number of carboxylic acid groups (broad SMARTS) is 1. The molecule has 1 aromatic carbocycles. The molecule has 10 heteroatoms. The van der Waals surface area contributed by atoms with E-state index in [4.69, 9.17) is 9.47 Å². The summed E-state index contributed by atoms with van der Waals surface area (Å²) >= 11 is 0. The number of hydrogen-bond acceptors (Lipinski definition) is 5. The van der Waals surface area contributed by atoms with E-state index in [0.717, 1.165) is 11.1 Å². The van der Waals surface area contributed by atoms with Gasteiger partial charge in [-0.05, 0) is 38.2 Å². The number of carbonyl (C=O) groups is 2. The van der Waals surface area contributed by atoms with Crippen molar-refractivity contribution in [3.8, 4) is 11.6 Å². The SMILES string of the molecule is COc1ncc(C(=O)NC2(C(=O)O)CCC(C(F)(F)F)CC2)cc1OCCc1cccc(C)c1. The molecule has 1 heterocycles. The number of rotatable bonds is 8. The summed E-state index contributed by atoms with van der Waals surface area (Å²) in [6.07, 6.45) is -3.96. The van der Waals surface area contributed by atoms with Crippen molar-refractivity contribution in [3.63, 3.8) is 0 Å². The molecule has 34 heavy (non-hydrogen) atoms. The molecule has 2 N–H and O–H groups in total. The Hall–Kier alpha value is -3.30. The maximum Gasteiger partial charge on any atom is 0.391 e. The van der Waals surface area contributed by atoms with Gasteiger partial charge < -0.3 is 19.9 Å². The van der Waals surface area contributed by atoms with Crippen molar-refractivity contribution < 1.29 is 37.3 Å². The van der Waals surface area contributed by atoms with Gasteiger partial charge in [0.25, 0.3) is 11.8 Å². The number of amides is 1. The number of halogens is 3. The molecule has 1 aromatic heterocycles. The first-order valence-electron chi connectivity index (χ1n) is 10.9. The Kier molecular flexibility index (Phi) is 7.68. The summed E-state index contributed by atoms with van der Waals surface area (Å²) in [5.74, 6) is -3.34. The van der Waals surface area contributed by atoms with Gasteiger partial charge in [-0.3, -0.25) is 4.79 Å². The van der Waals surface area contributed by atoms with Crippen molar-refractivity contribution in [2.75, 3.05) is 13.7 Å². The number of benzene rings is 1. The fourth-order valence-corrected chi connectivity index (χ4v) is 4.08. The molecule has 0 atom stereocenters. The fourth-order valence-electron chi connectivity index (χ4n) is 4.08. The van der Waals surface area contributed by atoms with E-state index in [-0.39, 0.29) is 49.5 Å². The molecule has 7 nitrogen and oxygen atoms in total. The number of aryl methyl sites for hydroxylation is 1. The lowest BCUT2D eigenvalue weighted by atomic mass is 9.76. The molecule has 1 amide bonds. The molecule has 0 spiro atoms. The molecular weight excluding hydrogens is 453 g/mol. The Bertz CT molecular complexity index is 1030. The zero-order valence-electron chi connectivity index (χ0n) is 18.9. The summed E-state index contributed by atoms with van der Waals surface area (Å²) in [5.41, 5.74) is 0.431. The second kappa shape index (κ2) is 10.3. The molecule has 2 aromatic rings. The summed E-state index contributed by atoms with van der Waals surface area (Å²) in [6.45, 7) is 2.27. The Labute approximate surface area is 195 Å². The highest BCUT2D eigenvalue weighted by Gasteiger charge is 2.49. The Morgan fingerprint density at radius 2 is 1.94 bits per heavy atom. The van der Waals surface area contributed by atoms with E-state index in [1.807, 2.05) is 31.2 Å². The number of aromatic nitrogens is 1. The van der Waals surface area contributed by atoms with Crippen LogP contribution in [0.5, 0.6) is 11.6 Å². The number of pyridine rings is 1. The van der Waals surface area contributed by atoms with E-state index in [1.165, 1.54) is 19.4 Å². The van der Waals surface area contributed by atoms with E-state index in [0.29, 0.717) is 6.42 Å². The summed E-state index contributed by atoms with van der Waals surface area (Å²) in [5, 5.41) is 12.1. The van der Waals surface area contributed by atoms with Crippen molar-refractivity contribution in [2.45, 2.75) is 50.7 Å². The van der Waals surface area contributed by atoms with Crippen molar-refractivity contribution >= 4 is 11.9 Å².